The fourth-order valence-corrected chi connectivity index (χ4v) is 6.08. The van der Waals surface area contributed by atoms with Crippen LogP contribution in [0.1, 0.15) is 24.0 Å². The smallest absolute Gasteiger partial charge is 0.243 e. The minimum Gasteiger partial charge on any atom is -0.454 e. The van der Waals surface area contributed by atoms with E-state index in [1.54, 1.807) is 27.4 Å². The number of hydrogen-bond acceptors (Lipinski definition) is 6. The Morgan fingerprint density at radius 1 is 0.938 bits per heavy atom. The highest BCUT2D eigenvalue weighted by molar-refractivity contribution is 7.89. The second-order valence-electron chi connectivity index (χ2n) is 8.47. The molecule has 0 bridgehead atoms. The lowest BCUT2D eigenvalue weighted by Crippen LogP contribution is -2.48. The summed E-state index contributed by atoms with van der Waals surface area (Å²) in [6, 6.07) is 11.0. The summed E-state index contributed by atoms with van der Waals surface area (Å²) in [4.78, 5) is 16.3. The van der Waals surface area contributed by atoms with E-state index in [0.717, 1.165) is 41.3 Å². The number of sulfonamides is 1. The standard InChI is InChI=1S/C23H27N3O5S/c1-17-13-19(5-6-20(17)26-8-2-3-23(26)27)32(28,29)25-11-9-24(10-12-25)15-18-4-7-21-22(14-18)31-16-30-21/h4-7,13-14H,2-3,8-12,15-16H2,1H3. The first-order valence-corrected chi connectivity index (χ1v) is 12.4. The maximum absolute atomic E-state index is 13.2. The number of carbonyl (C=O) groups excluding carboxylic acids is 1. The highest BCUT2D eigenvalue weighted by Crippen LogP contribution is 2.33. The van der Waals surface area contributed by atoms with Gasteiger partial charge in [-0.05, 0) is 54.8 Å². The molecule has 0 radical (unpaired) electrons. The van der Waals surface area contributed by atoms with Crippen LogP contribution < -0.4 is 14.4 Å². The van der Waals surface area contributed by atoms with Gasteiger partial charge in [-0.2, -0.15) is 4.31 Å². The fraction of sp³-hybridized carbons (Fsp3) is 0.435. The number of piperazine rings is 1. The van der Waals surface area contributed by atoms with Crippen LogP contribution in [0.4, 0.5) is 5.69 Å². The minimum atomic E-state index is -3.58. The third-order valence-electron chi connectivity index (χ3n) is 6.34. The molecule has 32 heavy (non-hydrogen) atoms. The SMILES string of the molecule is Cc1cc(S(=O)(=O)N2CCN(Cc3ccc4c(c3)OCO4)CC2)ccc1N1CCCC1=O. The highest BCUT2D eigenvalue weighted by Gasteiger charge is 2.30. The van der Waals surface area contributed by atoms with Gasteiger partial charge in [0.15, 0.2) is 11.5 Å². The number of rotatable bonds is 5. The second-order valence-corrected chi connectivity index (χ2v) is 10.4. The quantitative estimate of drug-likeness (QED) is 0.686. The molecule has 0 aromatic heterocycles. The molecule has 3 aliphatic heterocycles. The molecule has 2 aromatic carbocycles. The van der Waals surface area contributed by atoms with E-state index in [2.05, 4.69) is 4.90 Å². The summed E-state index contributed by atoms with van der Waals surface area (Å²) in [5.74, 6) is 1.63. The minimum absolute atomic E-state index is 0.0993. The van der Waals surface area contributed by atoms with E-state index < -0.39 is 10.0 Å². The van der Waals surface area contributed by atoms with Crippen molar-refractivity contribution in [2.45, 2.75) is 31.2 Å². The van der Waals surface area contributed by atoms with E-state index in [9.17, 15) is 13.2 Å². The van der Waals surface area contributed by atoms with Crippen LogP contribution in [-0.4, -0.2) is 63.0 Å². The molecule has 1 amide bonds. The van der Waals surface area contributed by atoms with Crippen molar-refractivity contribution in [3.8, 4) is 11.5 Å². The van der Waals surface area contributed by atoms with E-state index in [4.69, 9.17) is 9.47 Å². The van der Waals surface area contributed by atoms with Gasteiger partial charge in [0.25, 0.3) is 0 Å². The van der Waals surface area contributed by atoms with Crippen molar-refractivity contribution in [3.63, 3.8) is 0 Å². The normalized spacial score (nSPS) is 19.7. The van der Waals surface area contributed by atoms with Crippen LogP contribution in [0.25, 0.3) is 0 Å². The van der Waals surface area contributed by atoms with Gasteiger partial charge in [0.2, 0.25) is 22.7 Å². The van der Waals surface area contributed by atoms with Crippen molar-refractivity contribution in [2.75, 3.05) is 44.4 Å². The molecule has 3 aliphatic rings. The molecule has 9 heteroatoms. The Balaban J connectivity index is 1.24. The Morgan fingerprint density at radius 2 is 1.72 bits per heavy atom. The van der Waals surface area contributed by atoms with Crippen molar-refractivity contribution in [3.05, 3.63) is 47.5 Å². The zero-order valence-corrected chi connectivity index (χ0v) is 18.9. The van der Waals surface area contributed by atoms with Gasteiger partial charge in [0.1, 0.15) is 0 Å². The van der Waals surface area contributed by atoms with Crippen molar-refractivity contribution in [2.24, 2.45) is 0 Å². The molecule has 0 saturated carbocycles. The summed E-state index contributed by atoms with van der Waals surface area (Å²) in [6.45, 7) is 5.75. The molecule has 0 unspecified atom stereocenters. The first kappa shape index (κ1) is 21.2. The molecular formula is C23H27N3O5S. The maximum atomic E-state index is 13.2. The second kappa shape index (κ2) is 8.38. The lowest BCUT2D eigenvalue weighted by Gasteiger charge is -2.34. The molecule has 170 valence electrons. The lowest BCUT2D eigenvalue weighted by atomic mass is 10.2. The summed E-state index contributed by atoms with van der Waals surface area (Å²) >= 11 is 0. The number of nitrogens with zero attached hydrogens (tertiary/aromatic N) is 3. The molecule has 2 fully saturated rings. The monoisotopic (exact) mass is 457 g/mol. The average molecular weight is 458 g/mol. The molecule has 5 rings (SSSR count). The Bertz CT molecular complexity index is 1140. The summed E-state index contributed by atoms with van der Waals surface area (Å²) in [5.41, 5.74) is 2.73. The van der Waals surface area contributed by atoms with Crippen LogP contribution in [0.2, 0.25) is 0 Å². The molecule has 0 N–H and O–H groups in total. The van der Waals surface area contributed by atoms with Crippen LogP contribution in [0.3, 0.4) is 0 Å². The summed E-state index contributed by atoms with van der Waals surface area (Å²) in [5, 5.41) is 0. The van der Waals surface area contributed by atoms with Gasteiger partial charge in [-0.3, -0.25) is 9.69 Å². The zero-order chi connectivity index (χ0) is 22.3. The molecule has 8 nitrogen and oxygen atoms in total. The third-order valence-corrected chi connectivity index (χ3v) is 8.24. The van der Waals surface area contributed by atoms with Gasteiger partial charge in [0.05, 0.1) is 4.90 Å². The van der Waals surface area contributed by atoms with E-state index >= 15 is 0 Å². The molecule has 0 atom stereocenters. The number of carbonyl (C=O) groups is 1. The van der Waals surface area contributed by atoms with Crippen LogP contribution in [0.15, 0.2) is 41.3 Å². The molecular weight excluding hydrogens is 430 g/mol. The van der Waals surface area contributed by atoms with Gasteiger partial charge in [0, 0.05) is 51.4 Å². The van der Waals surface area contributed by atoms with Crippen molar-refractivity contribution < 1.29 is 22.7 Å². The van der Waals surface area contributed by atoms with Gasteiger partial charge < -0.3 is 14.4 Å². The predicted octanol–water partition coefficient (Wildman–Crippen LogP) is 2.36. The van der Waals surface area contributed by atoms with Crippen molar-refractivity contribution in [1.29, 1.82) is 0 Å². The average Bonchev–Trinajstić information content (AvgIpc) is 3.42. The Labute approximate surface area is 188 Å². The number of amides is 1. The molecule has 2 saturated heterocycles. The maximum Gasteiger partial charge on any atom is 0.243 e. The number of benzene rings is 2. The number of hydrogen-bond donors (Lipinski definition) is 0. The first-order chi connectivity index (χ1) is 15.4. The Morgan fingerprint density at radius 3 is 2.44 bits per heavy atom. The topological polar surface area (TPSA) is 79.4 Å². The highest BCUT2D eigenvalue weighted by atomic mass is 32.2. The lowest BCUT2D eigenvalue weighted by molar-refractivity contribution is -0.117. The number of fused-ring (bicyclic) bond motifs is 1. The number of ether oxygens (including phenoxy) is 2. The van der Waals surface area contributed by atoms with E-state index in [0.29, 0.717) is 39.1 Å². The van der Waals surface area contributed by atoms with E-state index in [-0.39, 0.29) is 17.6 Å². The van der Waals surface area contributed by atoms with Gasteiger partial charge in [-0.25, -0.2) is 8.42 Å². The molecule has 0 aliphatic carbocycles. The van der Waals surface area contributed by atoms with E-state index in [1.165, 1.54) is 0 Å². The third kappa shape index (κ3) is 3.96. The molecule has 3 heterocycles. The number of aryl methyl sites for hydroxylation is 1. The summed E-state index contributed by atoms with van der Waals surface area (Å²) in [7, 11) is -3.58. The largest absolute Gasteiger partial charge is 0.454 e. The van der Waals surface area contributed by atoms with Crippen LogP contribution in [0.5, 0.6) is 11.5 Å². The fourth-order valence-electron chi connectivity index (χ4n) is 4.57. The summed E-state index contributed by atoms with van der Waals surface area (Å²) in [6.07, 6.45) is 1.39. The van der Waals surface area contributed by atoms with Gasteiger partial charge in [-0.15, -0.1) is 0 Å². The number of anilines is 1. The molecule has 0 spiro atoms. The van der Waals surface area contributed by atoms with Crippen molar-refractivity contribution >= 4 is 21.6 Å². The predicted molar refractivity (Wildman–Crippen MR) is 119 cm³/mol. The summed E-state index contributed by atoms with van der Waals surface area (Å²) < 4.78 is 38.8. The first-order valence-electron chi connectivity index (χ1n) is 10.9. The van der Waals surface area contributed by atoms with Gasteiger partial charge >= 0.3 is 0 Å². The van der Waals surface area contributed by atoms with E-state index in [1.807, 2.05) is 25.1 Å². The molecule has 2 aromatic rings. The van der Waals surface area contributed by atoms with Crippen LogP contribution in [0, 0.1) is 6.92 Å². The zero-order valence-electron chi connectivity index (χ0n) is 18.1. The Hall–Kier alpha value is -2.62. The van der Waals surface area contributed by atoms with Gasteiger partial charge in [-0.1, -0.05) is 6.07 Å². The van der Waals surface area contributed by atoms with Crippen molar-refractivity contribution in [1.82, 2.24) is 9.21 Å². The van der Waals surface area contributed by atoms with Crippen LogP contribution >= 0.6 is 0 Å². The Kier molecular flexibility index (Phi) is 5.56. The van der Waals surface area contributed by atoms with Crippen LogP contribution in [-0.2, 0) is 21.4 Å².